The van der Waals surface area contributed by atoms with Crippen LogP contribution in [0, 0.1) is 19.8 Å². The Morgan fingerprint density at radius 3 is 2.74 bits per heavy atom. The smallest absolute Gasteiger partial charge is 0.225 e. The molecular formula is C19H35IN6O. The summed E-state index contributed by atoms with van der Waals surface area (Å²) in [6.45, 7) is 14.1. The van der Waals surface area contributed by atoms with Crippen LogP contribution in [0.1, 0.15) is 45.0 Å². The van der Waals surface area contributed by atoms with Crippen LogP contribution in [0.15, 0.2) is 11.1 Å². The number of carbonyl (C=O) groups excluding carboxylic acids is 1. The second-order valence-electron chi connectivity index (χ2n) is 7.33. The van der Waals surface area contributed by atoms with Crippen LogP contribution in [0.2, 0.25) is 0 Å². The van der Waals surface area contributed by atoms with Crippen molar-refractivity contribution >= 4 is 35.8 Å². The SMILES string of the molecule is CCNC(=NCCCn1nc(C)cc1C)NC1CCN(C(=O)C(C)C)C1.I. The number of aryl methyl sites for hydroxylation is 3. The van der Waals surface area contributed by atoms with Crippen molar-refractivity contribution in [3.63, 3.8) is 0 Å². The molecule has 2 N–H and O–H groups in total. The highest BCUT2D eigenvalue weighted by atomic mass is 127. The lowest BCUT2D eigenvalue weighted by Gasteiger charge is -2.20. The topological polar surface area (TPSA) is 74.6 Å². The molecule has 1 fully saturated rings. The van der Waals surface area contributed by atoms with Crippen molar-refractivity contribution in [2.75, 3.05) is 26.2 Å². The maximum atomic E-state index is 12.1. The molecule has 8 heteroatoms. The summed E-state index contributed by atoms with van der Waals surface area (Å²) in [5.74, 6) is 1.14. The highest BCUT2D eigenvalue weighted by molar-refractivity contribution is 14.0. The summed E-state index contributed by atoms with van der Waals surface area (Å²) in [5, 5.41) is 11.3. The zero-order valence-electron chi connectivity index (χ0n) is 17.3. The van der Waals surface area contributed by atoms with Gasteiger partial charge in [-0.05, 0) is 39.7 Å². The Labute approximate surface area is 180 Å². The quantitative estimate of drug-likeness (QED) is 0.266. The first-order valence-electron chi connectivity index (χ1n) is 9.75. The lowest BCUT2D eigenvalue weighted by Crippen LogP contribution is -2.45. The summed E-state index contributed by atoms with van der Waals surface area (Å²) >= 11 is 0. The maximum absolute atomic E-state index is 12.1. The van der Waals surface area contributed by atoms with E-state index in [1.54, 1.807) is 0 Å². The van der Waals surface area contributed by atoms with Gasteiger partial charge in [-0.2, -0.15) is 5.10 Å². The van der Waals surface area contributed by atoms with Gasteiger partial charge in [-0.1, -0.05) is 13.8 Å². The Morgan fingerprint density at radius 2 is 2.15 bits per heavy atom. The number of guanidine groups is 1. The number of aromatic nitrogens is 2. The Kier molecular flexibility index (Phi) is 10.1. The fraction of sp³-hybridized carbons (Fsp3) is 0.737. The number of rotatable bonds is 7. The molecule has 0 aromatic carbocycles. The molecule has 2 rings (SSSR count). The van der Waals surface area contributed by atoms with E-state index in [4.69, 9.17) is 0 Å². The van der Waals surface area contributed by atoms with Crippen LogP contribution in [0.25, 0.3) is 0 Å². The number of carbonyl (C=O) groups is 1. The molecule has 1 aromatic rings. The van der Waals surface area contributed by atoms with Gasteiger partial charge in [0.2, 0.25) is 5.91 Å². The summed E-state index contributed by atoms with van der Waals surface area (Å²) in [6, 6.07) is 2.37. The number of amides is 1. The van der Waals surface area contributed by atoms with Gasteiger partial charge in [-0.25, -0.2) is 0 Å². The molecule has 1 unspecified atom stereocenters. The van der Waals surface area contributed by atoms with Gasteiger partial charge in [-0.3, -0.25) is 14.5 Å². The van der Waals surface area contributed by atoms with E-state index in [1.165, 1.54) is 5.69 Å². The first kappa shape index (κ1) is 23.7. The molecular weight excluding hydrogens is 455 g/mol. The number of halogens is 1. The van der Waals surface area contributed by atoms with Gasteiger partial charge in [0.05, 0.1) is 5.69 Å². The summed E-state index contributed by atoms with van der Waals surface area (Å²) in [6.07, 6.45) is 1.91. The lowest BCUT2D eigenvalue weighted by atomic mass is 10.2. The minimum absolute atomic E-state index is 0. The van der Waals surface area contributed by atoms with E-state index in [1.807, 2.05) is 30.4 Å². The van der Waals surface area contributed by atoms with Crippen LogP contribution < -0.4 is 10.6 Å². The van der Waals surface area contributed by atoms with Crippen molar-refractivity contribution in [1.29, 1.82) is 0 Å². The number of nitrogens with one attached hydrogen (secondary N) is 2. The minimum Gasteiger partial charge on any atom is -0.357 e. The Hall–Kier alpha value is -1.32. The monoisotopic (exact) mass is 490 g/mol. The Balaban J connectivity index is 0.00000364. The third kappa shape index (κ3) is 7.31. The minimum atomic E-state index is 0. The molecule has 0 radical (unpaired) electrons. The molecule has 1 amide bonds. The molecule has 0 aliphatic carbocycles. The number of hydrogen-bond acceptors (Lipinski definition) is 3. The Bertz CT molecular complexity index is 628. The third-order valence-corrected chi connectivity index (χ3v) is 4.58. The van der Waals surface area contributed by atoms with Crippen LogP contribution in [0.4, 0.5) is 0 Å². The fourth-order valence-electron chi connectivity index (χ4n) is 3.27. The van der Waals surface area contributed by atoms with E-state index in [9.17, 15) is 4.79 Å². The second-order valence-corrected chi connectivity index (χ2v) is 7.33. The standard InChI is InChI=1S/C19H34N6O.HI/c1-6-20-19(21-9-7-10-25-16(5)12-15(4)23-25)22-17-8-11-24(13-17)18(26)14(2)3;/h12,14,17H,6-11,13H2,1-5H3,(H2,20,21,22);1H. The van der Waals surface area contributed by atoms with Gasteiger partial charge in [0, 0.05) is 50.4 Å². The molecule has 1 atom stereocenters. The number of nitrogens with zero attached hydrogens (tertiary/aromatic N) is 4. The fourth-order valence-corrected chi connectivity index (χ4v) is 3.27. The van der Waals surface area contributed by atoms with Gasteiger partial charge in [0.1, 0.15) is 0 Å². The zero-order valence-corrected chi connectivity index (χ0v) is 19.6. The van der Waals surface area contributed by atoms with Gasteiger partial charge in [-0.15, -0.1) is 24.0 Å². The predicted octanol–water partition coefficient (Wildman–Crippen LogP) is 2.32. The van der Waals surface area contributed by atoms with Crippen molar-refractivity contribution in [3.8, 4) is 0 Å². The van der Waals surface area contributed by atoms with E-state index in [0.29, 0.717) is 0 Å². The number of hydrogen-bond donors (Lipinski definition) is 2. The highest BCUT2D eigenvalue weighted by Gasteiger charge is 2.27. The second kappa shape index (κ2) is 11.5. The van der Waals surface area contributed by atoms with Gasteiger partial charge in [0.25, 0.3) is 0 Å². The summed E-state index contributed by atoms with van der Waals surface area (Å²) < 4.78 is 2.04. The van der Waals surface area contributed by atoms with E-state index in [-0.39, 0.29) is 41.8 Å². The molecule has 1 aliphatic heterocycles. The van der Waals surface area contributed by atoms with Crippen molar-refractivity contribution in [1.82, 2.24) is 25.3 Å². The average Bonchev–Trinajstić information content (AvgIpc) is 3.17. The highest BCUT2D eigenvalue weighted by Crippen LogP contribution is 2.12. The predicted molar refractivity (Wildman–Crippen MR) is 121 cm³/mol. The molecule has 1 saturated heterocycles. The van der Waals surface area contributed by atoms with Crippen LogP contribution in [-0.2, 0) is 11.3 Å². The van der Waals surface area contributed by atoms with E-state index in [2.05, 4.69) is 40.6 Å². The van der Waals surface area contributed by atoms with Gasteiger partial charge >= 0.3 is 0 Å². The van der Waals surface area contributed by atoms with E-state index >= 15 is 0 Å². The first-order chi connectivity index (χ1) is 12.4. The van der Waals surface area contributed by atoms with Crippen LogP contribution in [-0.4, -0.2) is 58.8 Å². The average molecular weight is 490 g/mol. The normalized spacial score (nSPS) is 17.2. The lowest BCUT2D eigenvalue weighted by molar-refractivity contribution is -0.133. The molecule has 1 aromatic heterocycles. The third-order valence-electron chi connectivity index (χ3n) is 4.58. The summed E-state index contributed by atoms with van der Waals surface area (Å²) in [7, 11) is 0. The van der Waals surface area contributed by atoms with Gasteiger partial charge in [0.15, 0.2) is 5.96 Å². The van der Waals surface area contributed by atoms with Crippen LogP contribution in [0.3, 0.4) is 0 Å². The van der Waals surface area contributed by atoms with E-state index in [0.717, 1.165) is 57.2 Å². The molecule has 1 aliphatic rings. The van der Waals surface area contributed by atoms with Crippen molar-refractivity contribution < 1.29 is 4.79 Å². The molecule has 0 saturated carbocycles. The molecule has 2 heterocycles. The molecule has 27 heavy (non-hydrogen) atoms. The molecule has 7 nitrogen and oxygen atoms in total. The summed E-state index contributed by atoms with van der Waals surface area (Å²) in [5.41, 5.74) is 2.25. The van der Waals surface area contributed by atoms with Crippen molar-refractivity contribution in [2.45, 2.75) is 60.0 Å². The number of likely N-dealkylation sites (tertiary alicyclic amines) is 1. The van der Waals surface area contributed by atoms with E-state index < -0.39 is 0 Å². The van der Waals surface area contributed by atoms with Crippen LogP contribution in [0.5, 0.6) is 0 Å². The largest absolute Gasteiger partial charge is 0.357 e. The summed E-state index contributed by atoms with van der Waals surface area (Å²) in [4.78, 5) is 18.8. The van der Waals surface area contributed by atoms with Crippen LogP contribution >= 0.6 is 24.0 Å². The zero-order chi connectivity index (χ0) is 19.1. The Morgan fingerprint density at radius 1 is 1.41 bits per heavy atom. The maximum Gasteiger partial charge on any atom is 0.225 e. The van der Waals surface area contributed by atoms with Crippen molar-refractivity contribution in [3.05, 3.63) is 17.5 Å². The molecule has 0 bridgehead atoms. The molecule has 0 spiro atoms. The van der Waals surface area contributed by atoms with Crippen molar-refractivity contribution in [2.24, 2.45) is 10.9 Å². The number of aliphatic imine (C=N–C) groups is 1. The first-order valence-corrected chi connectivity index (χ1v) is 9.75. The molecule has 154 valence electrons. The van der Waals surface area contributed by atoms with Gasteiger partial charge < -0.3 is 15.5 Å².